The van der Waals surface area contributed by atoms with Crippen LogP contribution in [0.4, 0.5) is 0 Å². The van der Waals surface area contributed by atoms with E-state index in [0.29, 0.717) is 17.6 Å². The molecule has 4 heterocycles. The van der Waals surface area contributed by atoms with E-state index in [1.807, 2.05) is 54.6 Å². The van der Waals surface area contributed by atoms with Gasteiger partial charge < -0.3 is 8.98 Å². The van der Waals surface area contributed by atoms with Crippen molar-refractivity contribution in [3.63, 3.8) is 0 Å². The Labute approximate surface area is 361 Å². The van der Waals surface area contributed by atoms with Crippen molar-refractivity contribution >= 4 is 65.6 Å². The molecule has 0 atom stereocenters. The molecule has 0 saturated carbocycles. The number of fused-ring (bicyclic) bond motifs is 9. The first-order valence-corrected chi connectivity index (χ1v) is 21.2. The number of nitrogens with zero attached hydrogens (tertiary/aromatic N) is 5. The molecule has 13 aromatic rings. The average Bonchev–Trinajstić information content (AvgIpc) is 4.01. The van der Waals surface area contributed by atoms with Crippen molar-refractivity contribution in [2.24, 2.45) is 0 Å². The van der Waals surface area contributed by atoms with Crippen molar-refractivity contribution in [3.8, 4) is 56.7 Å². The van der Waals surface area contributed by atoms with Crippen molar-refractivity contribution in [3.05, 3.63) is 212 Å². The van der Waals surface area contributed by atoms with E-state index in [9.17, 15) is 0 Å². The first-order chi connectivity index (χ1) is 31.2. The second-order valence-electron chi connectivity index (χ2n) is 16.0. The molecule has 4 aromatic heterocycles. The largest absolute Gasteiger partial charge is 0.455 e. The van der Waals surface area contributed by atoms with Gasteiger partial charge in [0.2, 0.25) is 5.95 Å². The third kappa shape index (κ3) is 5.55. The molecule has 0 radical (unpaired) electrons. The maximum atomic E-state index is 6.54. The molecule has 63 heavy (non-hydrogen) atoms. The second-order valence-corrected chi connectivity index (χ2v) is 16.0. The van der Waals surface area contributed by atoms with E-state index in [1.165, 1.54) is 5.56 Å². The van der Waals surface area contributed by atoms with Gasteiger partial charge in [0, 0.05) is 43.4 Å². The van der Waals surface area contributed by atoms with Gasteiger partial charge in [0.05, 0.1) is 33.3 Å². The first kappa shape index (κ1) is 35.2. The Morgan fingerprint density at radius 3 is 1.59 bits per heavy atom. The van der Waals surface area contributed by atoms with Gasteiger partial charge in [-0.15, -0.1) is 0 Å². The van der Waals surface area contributed by atoms with Crippen LogP contribution in [0, 0.1) is 0 Å². The van der Waals surface area contributed by atoms with Crippen LogP contribution < -0.4 is 0 Å². The summed E-state index contributed by atoms with van der Waals surface area (Å²) in [4.78, 5) is 15.8. The third-order valence-corrected chi connectivity index (χ3v) is 12.4. The molecule has 0 aliphatic carbocycles. The van der Waals surface area contributed by atoms with Crippen molar-refractivity contribution < 1.29 is 4.42 Å². The predicted molar refractivity (Wildman–Crippen MR) is 258 cm³/mol. The lowest BCUT2D eigenvalue weighted by Gasteiger charge is -2.16. The molecule has 0 fully saturated rings. The first-order valence-electron chi connectivity index (χ1n) is 21.2. The Morgan fingerprint density at radius 1 is 0.317 bits per heavy atom. The summed E-state index contributed by atoms with van der Waals surface area (Å²) in [7, 11) is 0. The zero-order chi connectivity index (χ0) is 41.4. The maximum Gasteiger partial charge on any atom is 0.238 e. The fraction of sp³-hybridized carbons (Fsp3) is 0. The van der Waals surface area contributed by atoms with Crippen molar-refractivity contribution in [2.45, 2.75) is 0 Å². The van der Waals surface area contributed by atoms with Gasteiger partial charge in [-0.25, -0.2) is 4.98 Å². The van der Waals surface area contributed by atoms with Crippen LogP contribution >= 0.6 is 0 Å². The molecule has 9 aromatic carbocycles. The lowest BCUT2D eigenvalue weighted by Crippen LogP contribution is -2.06. The molecular formula is C57H35N5O. The number of benzene rings is 9. The van der Waals surface area contributed by atoms with Crippen LogP contribution in [0.3, 0.4) is 0 Å². The van der Waals surface area contributed by atoms with Crippen LogP contribution in [-0.4, -0.2) is 24.1 Å². The molecule has 0 saturated heterocycles. The van der Waals surface area contributed by atoms with E-state index in [0.717, 1.165) is 99.1 Å². The van der Waals surface area contributed by atoms with Crippen LogP contribution in [0.5, 0.6) is 0 Å². The Bertz CT molecular complexity index is 3900. The van der Waals surface area contributed by atoms with Crippen LogP contribution in [0.25, 0.3) is 122 Å². The summed E-state index contributed by atoms with van der Waals surface area (Å²) < 4.78 is 11.2. The van der Waals surface area contributed by atoms with E-state index in [2.05, 4.69) is 167 Å². The van der Waals surface area contributed by atoms with Gasteiger partial charge in [-0.1, -0.05) is 170 Å². The van der Waals surface area contributed by atoms with Gasteiger partial charge in [0.1, 0.15) is 11.2 Å². The molecule has 0 N–H and O–H groups in total. The quantitative estimate of drug-likeness (QED) is 0.168. The molecule has 0 spiro atoms. The standard InChI is InChI=1S/C57H35N5O/c1-4-17-36(18-5-1)39-31-32-40(37-19-6-2-7-20-37)50(33-39)61-48-28-13-10-23-41(48)46-35-52-47(34-51(46)61)42-24-11-14-29-49(42)62(52)57-59-55(38-21-8-3-9-22-38)58-56(60-57)45-27-16-26-44-43-25-12-15-30-53(43)63-54(44)45/h1-35H. The second kappa shape index (κ2) is 14.0. The molecule has 0 amide bonds. The Hall–Kier alpha value is -8.61. The normalized spacial score (nSPS) is 11.8. The number of para-hydroxylation sites is 4. The summed E-state index contributed by atoms with van der Waals surface area (Å²) in [6.07, 6.45) is 0. The van der Waals surface area contributed by atoms with E-state index in [4.69, 9.17) is 19.4 Å². The highest BCUT2D eigenvalue weighted by Gasteiger charge is 2.23. The molecule has 6 heteroatoms. The highest BCUT2D eigenvalue weighted by atomic mass is 16.3. The Morgan fingerprint density at radius 2 is 0.873 bits per heavy atom. The fourth-order valence-electron chi connectivity index (χ4n) is 9.52. The fourth-order valence-corrected chi connectivity index (χ4v) is 9.52. The van der Waals surface area contributed by atoms with Crippen molar-refractivity contribution in [1.29, 1.82) is 0 Å². The molecule has 0 unspecified atom stereocenters. The Kier molecular flexibility index (Phi) is 7.80. The van der Waals surface area contributed by atoms with E-state index < -0.39 is 0 Å². The lowest BCUT2D eigenvalue weighted by molar-refractivity contribution is 0.669. The smallest absolute Gasteiger partial charge is 0.238 e. The molecule has 0 aliphatic heterocycles. The third-order valence-electron chi connectivity index (χ3n) is 12.4. The van der Waals surface area contributed by atoms with E-state index in [1.54, 1.807) is 0 Å². The number of hydrogen-bond acceptors (Lipinski definition) is 4. The summed E-state index contributed by atoms with van der Waals surface area (Å²) in [5, 5.41) is 6.58. The Balaban J connectivity index is 1.11. The van der Waals surface area contributed by atoms with Gasteiger partial charge in [-0.3, -0.25) is 4.57 Å². The van der Waals surface area contributed by atoms with Gasteiger partial charge in [-0.05, 0) is 59.2 Å². The van der Waals surface area contributed by atoms with Gasteiger partial charge in [0.15, 0.2) is 11.6 Å². The van der Waals surface area contributed by atoms with Gasteiger partial charge in [0.25, 0.3) is 0 Å². The lowest BCUT2D eigenvalue weighted by atomic mass is 9.98. The number of furan rings is 1. The van der Waals surface area contributed by atoms with Crippen LogP contribution in [0.2, 0.25) is 0 Å². The van der Waals surface area contributed by atoms with Crippen LogP contribution in [-0.2, 0) is 0 Å². The average molecular weight is 806 g/mol. The molecule has 13 rings (SSSR count). The highest BCUT2D eigenvalue weighted by Crippen LogP contribution is 2.43. The monoisotopic (exact) mass is 805 g/mol. The molecule has 0 bridgehead atoms. The summed E-state index contributed by atoms with van der Waals surface area (Å²) >= 11 is 0. The minimum Gasteiger partial charge on any atom is -0.455 e. The minimum atomic E-state index is 0.531. The number of hydrogen-bond donors (Lipinski definition) is 0. The SMILES string of the molecule is c1ccc(-c2ccc(-c3ccccc3)c(-n3c4ccccc4c4cc5c(cc43)c3ccccc3n5-c3nc(-c4ccccc4)nc(-c4cccc5c4oc4ccccc45)n3)c2)cc1. The van der Waals surface area contributed by atoms with Crippen LogP contribution in [0.15, 0.2) is 217 Å². The summed E-state index contributed by atoms with van der Waals surface area (Å²) in [6.45, 7) is 0. The zero-order valence-corrected chi connectivity index (χ0v) is 33.9. The van der Waals surface area contributed by atoms with E-state index >= 15 is 0 Å². The van der Waals surface area contributed by atoms with Crippen molar-refractivity contribution in [2.75, 3.05) is 0 Å². The molecule has 0 aliphatic rings. The number of rotatable bonds is 6. The highest BCUT2D eigenvalue weighted by molar-refractivity contribution is 6.19. The summed E-state index contributed by atoms with van der Waals surface area (Å²) in [5.74, 6) is 1.65. The predicted octanol–water partition coefficient (Wildman–Crippen LogP) is 14.6. The minimum absolute atomic E-state index is 0.531. The molecular weight excluding hydrogens is 771 g/mol. The van der Waals surface area contributed by atoms with Gasteiger partial charge in [-0.2, -0.15) is 9.97 Å². The summed E-state index contributed by atoms with van der Waals surface area (Å²) in [5.41, 5.74) is 13.3. The van der Waals surface area contributed by atoms with Gasteiger partial charge >= 0.3 is 0 Å². The van der Waals surface area contributed by atoms with E-state index in [-0.39, 0.29) is 0 Å². The topological polar surface area (TPSA) is 61.7 Å². The summed E-state index contributed by atoms with van der Waals surface area (Å²) in [6, 6.07) is 74.6. The number of aromatic nitrogens is 5. The van der Waals surface area contributed by atoms with Crippen molar-refractivity contribution in [1.82, 2.24) is 24.1 Å². The maximum absolute atomic E-state index is 6.54. The molecule has 6 nitrogen and oxygen atoms in total. The van der Waals surface area contributed by atoms with Crippen LogP contribution in [0.1, 0.15) is 0 Å². The zero-order valence-electron chi connectivity index (χ0n) is 33.9. The molecule has 294 valence electrons.